The molecule has 0 saturated carbocycles. The Morgan fingerprint density at radius 1 is 0.347 bits per heavy atom. The smallest absolute Gasteiger partial charge is 0.188 e. The van der Waals surface area contributed by atoms with Gasteiger partial charge in [0.25, 0.3) is 0 Å². The number of benzene rings is 13. The van der Waals surface area contributed by atoms with Gasteiger partial charge in [0.05, 0.1) is 40.9 Å². The second-order valence-corrected chi connectivity index (χ2v) is 27.7. The van der Waals surface area contributed by atoms with E-state index in [-0.39, 0.29) is 0 Å². The fourth-order valence-electron chi connectivity index (χ4n) is 14.2. The van der Waals surface area contributed by atoms with Gasteiger partial charge in [-0.15, -0.1) is 0 Å². The molecule has 5 aromatic heterocycles. The summed E-state index contributed by atoms with van der Waals surface area (Å²) in [6, 6.07) is 108. The summed E-state index contributed by atoms with van der Waals surface area (Å²) in [6.07, 6.45) is 3.65. The number of pyridine rings is 1. The first-order valence-corrected chi connectivity index (χ1v) is 33.3. The van der Waals surface area contributed by atoms with Crippen LogP contribution in [0.2, 0.25) is 0 Å². The number of para-hydroxylation sites is 3. The number of aromatic nitrogens is 2. The molecule has 0 aliphatic rings. The molecule has 0 bridgehead atoms. The van der Waals surface area contributed by atoms with Gasteiger partial charge in [0.2, 0.25) is 0 Å². The first kappa shape index (κ1) is 55.9. The Hall–Kier alpha value is -13.1. The minimum absolute atomic E-state index is 0.584. The van der Waals surface area contributed by atoms with Gasteiger partial charge in [0.1, 0.15) is 33.5 Å². The second kappa shape index (κ2) is 23.0. The average molecular weight is 1230 g/mol. The highest BCUT2D eigenvalue weighted by Gasteiger charge is 2.42. The summed E-state index contributed by atoms with van der Waals surface area (Å²) in [5.74, 6) is 0. The van der Waals surface area contributed by atoms with Crippen LogP contribution in [0.25, 0.3) is 143 Å². The summed E-state index contributed by atoms with van der Waals surface area (Å²) in [7, 11) is -2.94. The van der Waals surface area contributed by atoms with Crippen LogP contribution < -0.4 is 20.7 Å². The van der Waals surface area contributed by atoms with E-state index in [0.29, 0.717) is 16.8 Å². The number of hydrogen-bond donors (Lipinski definition) is 0. The highest BCUT2D eigenvalue weighted by atomic mass is 28.3. The average Bonchev–Trinajstić information content (AvgIpc) is 1.58. The first-order valence-electron chi connectivity index (χ1n) is 31.3. The summed E-state index contributed by atoms with van der Waals surface area (Å²) < 4.78 is 21.3. The molecule has 0 fully saturated rings. The van der Waals surface area contributed by atoms with Crippen molar-refractivity contribution >= 4 is 122 Å². The minimum atomic E-state index is -2.94. The maximum absolute atomic E-state index is 10.1. The molecule has 95 heavy (non-hydrogen) atoms. The molecule has 0 saturated heterocycles. The summed E-state index contributed by atoms with van der Waals surface area (Å²) >= 11 is 0. The molecule has 9 heteroatoms. The number of nitriles is 2. The van der Waals surface area contributed by atoms with E-state index in [1.165, 1.54) is 31.5 Å². The van der Waals surface area contributed by atoms with Crippen LogP contribution in [0.3, 0.4) is 0 Å². The summed E-state index contributed by atoms with van der Waals surface area (Å²) in [6.45, 7) is 7.44. The molecule has 0 unspecified atom stereocenters. The van der Waals surface area contributed by atoms with Gasteiger partial charge in [0.15, 0.2) is 13.8 Å². The van der Waals surface area contributed by atoms with Crippen molar-refractivity contribution in [2.75, 3.05) is 0 Å². The third-order valence-electron chi connectivity index (χ3n) is 18.5. The topological polar surface area (TPSA) is 109 Å². The molecular weight excluding hydrogens is 1180 g/mol. The van der Waals surface area contributed by atoms with Gasteiger partial charge in [-0.05, 0) is 175 Å². The lowest BCUT2D eigenvalue weighted by atomic mass is 9.92. The quantitative estimate of drug-likeness (QED) is 0.0809. The fourth-order valence-corrected chi connectivity index (χ4v) is 19.0. The summed E-state index contributed by atoms with van der Waals surface area (Å²) in [5.41, 5.74) is 18.4. The molecule has 0 radical (unpaired) electrons. The molecule has 8 nitrogen and oxygen atoms in total. The summed E-state index contributed by atoms with van der Waals surface area (Å²) in [4.78, 5) is 7.96. The van der Waals surface area contributed by atoms with Crippen molar-refractivity contribution in [3.05, 3.63) is 332 Å². The zero-order valence-electron chi connectivity index (χ0n) is 50.9. The zero-order valence-corrected chi connectivity index (χ0v) is 51.9. The Labute approximate surface area is 546 Å². The van der Waals surface area contributed by atoms with E-state index in [4.69, 9.17) is 19.8 Å². The third kappa shape index (κ3) is 9.53. The van der Waals surface area contributed by atoms with Crippen molar-refractivity contribution < 1.29 is 13.3 Å². The molecule has 18 aromatic rings. The van der Waals surface area contributed by atoms with Gasteiger partial charge in [-0.25, -0.2) is 4.85 Å². The molecule has 13 aromatic carbocycles. The number of furan rings is 3. The van der Waals surface area contributed by atoms with E-state index < -0.39 is 8.07 Å². The maximum Gasteiger partial charge on any atom is 0.188 e. The molecule has 0 atom stereocenters. The van der Waals surface area contributed by atoms with Crippen molar-refractivity contribution in [1.82, 2.24) is 9.55 Å². The highest BCUT2D eigenvalue weighted by Crippen LogP contribution is 2.43. The van der Waals surface area contributed by atoms with Gasteiger partial charge in [-0.1, -0.05) is 176 Å². The SMILES string of the molecule is N#Cc1cccc([Si](c2ccccc2)(c2ccccc2)c2cccc(-c3cc(-n4c5ccccc5c5ccccc54)cc4c3oc3ccccc34)c2)c1.[C-]#[N+]c1ccc2oc3ccc(-c4cc(-c5cccnc5)cc(-c5ccc6oc7ccc(C#N)cc7c6c5)c4)cc3c2c1. The highest BCUT2D eigenvalue weighted by molar-refractivity contribution is 7.20. The number of nitrogens with zero attached hydrogens (tertiary/aromatic N) is 5. The number of rotatable bonds is 9. The van der Waals surface area contributed by atoms with Gasteiger partial charge in [-0.3, -0.25) is 4.98 Å². The molecule has 0 aliphatic carbocycles. The number of fused-ring (bicyclic) bond motifs is 12. The van der Waals surface area contributed by atoms with E-state index in [2.05, 4.69) is 251 Å². The standard InChI is InChI=1S/C49H32N2OSi.C37H19N3O2/c50-33-34-15-13-21-39(29-34)53(37-17-3-1-4-18-37,38-19-5-2-6-20-38)40-22-14-16-35(30-40)44-31-36(32-45-43-25-9-12-28-48(43)52-49(44)45)51-46-26-10-7-23-41(46)42-24-8-11-27-47(42)51;1-39-29-7-11-37-33(19-29)32-18-24(6-10-36(32)42-37)27-14-26(15-28(16-27)25-3-2-12-40-21-25)23-5-9-35-31(17-23)30-13-22(20-38)4-8-34(30)41-35/h1-32H;2-19,21H. The molecule has 0 N–H and O–H groups in total. The largest absolute Gasteiger partial charge is 0.456 e. The lowest BCUT2D eigenvalue weighted by Gasteiger charge is -2.34. The molecular formula is C86H51N5O3Si. The van der Waals surface area contributed by atoms with Crippen molar-refractivity contribution in [3.8, 4) is 62.3 Å². The van der Waals surface area contributed by atoms with Crippen LogP contribution in [0.5, 0.6) is 0 Å². The normalized spacial score (nSPS) is 11.5. The van der Waals surface area contributed by atoms with Crippen LogP contribution in [0.1, 0.15) is 11.1 Å². The van der Waals surface area contributed by atoms with Gasteiger partial charge in [0, 0.05) is 72.3 Å². The van der Waals surface area contributed by atoms with E-state index in [1.807, 2.05) is 66.9 Å². The van der Waals surface area contributed by atoms with Crippen molar-refractivity contribution in [3.63, 3.8) is 0 Å². The fraction of sp³-hybridized carbons (Fsp3) is 0. The lowest BCUT2D eigenvalue weighted by Crippen LogP contribution is -2.74. The Kier molecular flexibility index (Phi) is 13.5. The lowest BCUT2D eigenvalue weighted by molar-refractivity contribution is 0.668. The predicted octanol–water partition coefficient (Wildman–Crippen LogP) is 19.9. The van der Waals surface area contributed by atoms with Crippen molar-refractivity contribution in [2.45, 2.75) is 0 Å². The van der Waals surface area contributed by atoms with Crippen molar-refractivity contribution in [2.24, 2.45) is 0 Å². The van der Waals surface area contributed by atoms with E-state index in [1.54, 1.807) is 18.3 Å². The van der Waals surface area contributed by atoms with E-state index in [9.17, 15) is 10.5 Å². The van der Waals surface area contributed by atoms with Crippen LogP contribution >= 0.6 is 0 Å². The molecule has 0 amide bonds. The molecule has 0 aliphatic heterocycles. The predicted molar refractivity (Wildman–Crippen MR) is 388 cm³/mol. The van der Waals surface area contributed by atoms with Gasteiger partial charge in [-0.2, -0.15) is 10.5 Å². The Bertz CT molecular complexity index is 5980. The monoisotopic (exact) mass is 1230 g/mol. The molecule has 5 heterocycles. The first-order chi connectivity index (χ1) is 46.9. The van der Waals surface area contributed by atoms with Crippen LogP contribution in [0.15, 0.2) is 323 Å². The Balaban J connectivity index is 0.000000148. The third-order valence-corrected chi connectivity index (χ3v) is 23.3. The Morgan fingerprint density at radius 2 is 0.853 bits per heavy atom. The van der Waals surface area contributed by atoms with Crippen LogP contribution in [0.4, 0.5) is 5.69 Å². The van der Waals surface area contributed by atoms with Gasteiger partial charge < -0.3 is 17.8 Å². The second-order valence-electron chi connectivity index (χ2n) is 23.9. The minimum Gasteiger partial charge on any atom is -0.456 e. The maximum atomic E-state index is 10.1. The van der Waals surface area contributed by atoms with E-state index in [0.717, 1.165) is 127 Å². The van der Waals surface area contributed by atoms with E-state index >= 15 is 0 Å². The van der Waals surface area contributed by atoms with Crippen LogP contribution in [-0.2, 0) is 0 Å². The van der Waals surface area contributed by atoms with Crippen molar-refractivity contribution in [1.29, 1.82) is 10.5 Å². The zero-order chi connectivity index (χ0) is 63.6. The van der Waals surface area contributed by atoms with Crippen LogP contribution in [-0.4, -0.2) is 17.6 Å². The Morgan fingerprint density at radius 3 is 1.47 bits per heavy atom. The molecule has 18 rings (SSSR count). The summed E-state index contributed by atoms with van der Waals surface area (Å²) in [5, 5.41) is 32.9. The molecule has 0 spiro atoms. The van der Waals surface area contributed by atoms with Crippen LogP contribution in [0, 0.1) is 29.2 Å². The number of hydrogen-bond acceptors (Lipinski definition) is 6. The van der Waals surface area contributed by atoms with Gasteiger partial charge >= 0.3 is 0 Å². The molecule has 442 valence electrons.